The Morgan fingerprint density at radius 1 is 1.43 bits per heavy atom. The molecule has 1 aliphatic carbocycles. The summed E-state index contributed by atoms with van der Waals surface area (Å²) in [6.45, 7) is 2.64. The smallest absolute Gasteiger partial charge is 0.220 e. The number of aryl methyl sites for hydroxylation is 1. The Hall–Kier alpha value is -2.30. The summed E-state index contributed by atoms with van der Waals surface area (Å²) in [7, 11) is 1.57. The highest BCUT2D eigenvalue weighted by atomic mass is 16.5. The van der Waals surface area contributed by atoms with Crippen molar-refractivity contribution in [3.8, 4) is 5.88 Å². The zero-order valence-electron chi connectivity index (χ0n) is 13.5. The molecule has 3 rings (SSSR count). The van der Waals surface area contributed by atoms with E-state index in [1.54, 1.807) is 13.3 Å². The number of aromatic nitrogens is 1. The third-order valence-electron chi connectivity index (χ3n) is 4.28. The Labute approximate surface area is 136 Å². The number of hydrogen-bond acceptors (Lipinski definition) is 4. The van der Waals surface area contributed by atoms with Gasteiger partial charge in [0.15, 0.2) is 0 Å². The van der Waals surface area contributed by atoms with Crippen LogP contribution in [0.25, 0.3) is 0 Å². The molecule has 2 atom stereocenters. The Balaban J connectivity index is 1.45. The first-order chi connectivity index (χ1) is 11.2. The summed E-state index contributed by atoms with van der Waals surface area (Å²) in [4.78, 5) is 16.1. The molecule has 0 saturated heterocycles. The van der Waals surface area contributed by atoms with E-state index in [0.717, 1.165) is 23.0 Å². The minimum Gasteiger partial charge on any atom is -0.481 e. The molecule has 2 aromatic rings. The van der Waals surface area contributed by atoms with Gasteiger partial charge in [-0.15, -0.1) is 0 Å². The van der Waals surface area contributed by atoms with Crippen molar-refractivity contribution in [1.29, 1.82) is 0 Å². The quantitative estimate of drug-likeness (QED) is 0.853. The molecule has 2 aromatic heterocycles. The fourth-order valence-electron chi connectivity index (χ4n) is 2.71. The van der Waals surface area contributed by atoms with Crippen molar-refractivity contribution in [2.24, 2.45) is 5.92 Å². The summed E-state index contributed by atoms with van der Waals surface area (Å²) in [5.41, 5.74) is 0.867. The molecule has 0 bridgehead atoms. The zero-order chi connectivity index (χ0) is 16.2. The summed E-state index contributed by atoms with van der Waals surface area (Å²) < 4.78 is 11.0. The van der Waals surface area contributed by atoms with E-state index in [9.17, 15) is 4.79 Å². The van der Waals surface area contributed by atoms with Crippen LogP contribution in [0.5, 0.6) is 5.88 Å². The largest absolute Gasteiger partial charge is 0.481 e. The van der Waals surface area contributed by atoms with Gasteiger partial charge >= 0.3 is 0 Å². The average Bonchev–Trinajstić information content (AvgIpc) is 3.11. The highest BCUT2D eigenvalue weighted by Gasteiger charge is 2.36. The Bertz CT molecular complexity index is 680. The Morgan fingerprint density at radius 3 is 3.00 bits per heavy atom. The molecule has 1 amide bonds. The number of nitrogens with one attached hydrogen (secondary N) is 1. The van der Waals surface area contributed by atoms with Crippen LogP contribution in [-0.4, -0.2) is 18.0 Å². The van der Waals surface area contributed by atoms with E-state index >= 15 is 0 Å². The molecule has 0 radical (unpaired) electrons. The molecule has 5 nitrogen and oxygen atoms in total. The maximum absolute atomic E-state index is 12.0. The van der Waals surface area contributed by atoms with Gasteiger partial charge in [0, 0.05) is 37.1 Å². The van der Waals surface area contributed by atoms with E-state index < -0.39 is 0 Å². The van der Waals surface area contributed by atoms with Crippen molar-refractivity contribution in [2.75, 3.05) is 7.11 Å². The number of furan rings is 1. The molecule has 0 aliphatic heterocycles. The van der Waals surface area contributed by atoms with Crippen LogP contribution in [0.2, 0.25) is 0 Å². The van der Waals surface area contributed by atoms with Gasteiger partial charge in [-0.05, 0) is 30.5 Å². The number of ether oxygens (including phenoxy) is 1. The van der Waals surface area contributed by atoms with Crippen LogP contribution in [0, 0.1) is 5.92 Å². The van der Waals surface area contributed by atoms with Crippen molar-refractivity contribution in [3.63, 3.8) is 0 Å². The minimum absolute atomic E-state index is 0.00588. The second-order valence-corrected chi connectivity index (χ2v) is 6.07. The lowest BCUT2D eigenvalue weighted by molar-refractivity contribution is -0.121. The van der Waals surface area contributed by atoms with Gasteiger partial charge in [0.1, 0.15) is 11.5 Å². The maximum atomic E-state index is 12.0. The van der Waals surface area contributed by atoms with Gasteiger partial charge in [-0.25, -0.2) is 4.98 Å². The lowest BCUT2D eigenvalue weighted by atomic mass is 10.2. The van der Waals surface area contributed by atoms with Gasteiger partial charge in [0.2, 0.25) is 11.8 Å². The van der Waals surface area contributed by atoms with Crippen LogP contribution in [0.15, 0.2) is 34.9 Å². The van der Waals surface area contributed by atoms with Crippen LogP contribution in [0.1, 0.15) is 42.8 Å². The third kappa shape index (κ3) is 3.92. The van der Waals surface area contributed by atoms with E-state index in [4.69, 9.17) is 9.15 Å². The molecule has 2 heterocycles. The fourth-order valence-corrected chi connectivity index (χ4v) is 2.71. The maximum Gasteiger partial charge on any atom is 0.220 e. The molecule has 1 aliphatic rings. The van der Waals surface area contributed by atoms with E-state index in [1.807, 2.05) is 24.3 Å². The summed E-state index contributed by atoms with van der Waals surface area (Å²) in [5.74, 6) is 3.79. The normalized spacial score (nSPS) is 19.4. The third-order valence-corrected chi connectivity index (χ3v) is 4.28. The van der Waals surface area contributed by atoms with Crippen LogP contribution in [-0.2, 0) is 17.8 Å². The lowest BCUT2D eigenvalue weighted by Crippen LogP contribution is -2.23. The van der Waals surface area contributed by atoms with Gasteiger partial charge in [-0.2, -0.15) is 0 Å². The number of methoxy groups -OCH3 is 1. The first kappa shape index (κ1) is 15.6. The molecule has 5 heteroatoms. The van der Waals surface area contributed by atoms with Crippen molar-refractivity contribution in [3.05, 3.63) is 47.5 Å². The van der Waals surface area contributed by atoms with Crippen molar-refractivity contribution >= 4 is 5.91 Å². The van der Waals surface area contributed by atoms with Gasteiger partial charge < -0.3 is 14.5 Å². The molecule has 1 fully saturated rings. The number of rotatable bonds is 7. The zero-order valence-corrected chi connectivity index (χ0v) is 13.5. The molecular weight excluding hydrogens is 292 g/mol. The second kappa shape index (κ2) is 6.86. The van der Waals surface area contributed by atoms with Gasteiger partial charge in [0.05, 0.1) is 7.11 Å². The first-order valence-corrected chi connectivity index (χ1v) is 8.00. The van der Waals surface area contributed by atoms with Gasteiger partial charge in [0.25, 0.3) is 0 Å². The molecule has 1 saturated carbocycles. The SMILES string of the molecule is COc1ncccc1CNC(=O)CCc1ccc([C@H]2C[C@H]2C)o1. The molecule has 1 N–H and O–H groups in total. The fraction of sp³-hybridized carbons (Fsp3) is 0.444. The minimum atomic E-state index is -0.00588. The van der Waals surface area contributed by atoms with E-state index in [2.05, 4.69) is 17.2 Å². The highest BCUT2D eigenvalue weighted by Crippen LogP contribution is 2.47. The molecule has 0 unspecified atom stereocenters. The number of nitrogens with zero attached hydrogens (tertiary/aromatic N) is 1. The standard InChI is InChI=1S/C18H22N2O3/c1-12-10-15(12)16-7-5-14(23-16)6-8-17(21)20-11-13-4-3-9-19-18(13)22-2/h3-5,7,9,12,15H,6,8,10-11H2,1-2H3,(H,20,21)/t12-,15+/m1/s1. The molecule has 0 spiro atoms. The summed E-state index contributed by atoms with van der Waals surface area (Å²) in [5, 5.41) is 2.89. The van der Waals surface area contributed by atoms with Crippen molar-refractivity contribution < 1.29 is 13.9 Å². The highest BCUT2D eigenvalue weighted by molar-refractivity contribution is 5.76. The molecular formula is C18H22N2O3. The number of hydrogen-bond donors (Lipinski definition) is 1. The second-order valence-electron chi connectivity index (χ2n) is 6.07. The monoisotopic (exact) mass is 314 g/mol. The molecule has 0 aromatic carbocycles. The first-order valence-electron chi connectivity index (χ1n) is 8.00. The molecule has 122 valence electrons. The Kier molecular flexibility index (Phi) is 4.65. The van der Waals surface area contributed by atoms with Crippen molar-refractivity contribution in [2.45, 2.75) is 38.6 Å². The van der Waals surface area contributed by atoms with Crippen LogP contribution in [0.3, 0.4) is 0 Å². The topological polar surface area (TPSA) is 64.4 Å². The summed E-state index contributed by atoms with van der Waals surface area (Å²) >= 11 is 0. The average molecular weight is 314 g/mol. The van der Waals surface area contributed by atoms with Crippen LogP contribution in [0.4, 0.5) is 0 Å². The van der Waals surface area contributed by atoms with Crippen LogP contribution >= 0.6 is 0 Å². The predicted molar refractivity (Wildman–Crippen MR) is 86.2 cm³/mol. The number of carbonyl (C=O) groups excluding carboxylic acids is 1. The predicted octanol–water partition coefficient (Wildman–Crippen LogP) is 3.06. The molecule has 23 heavy (non-hydrogen) atoms. The van der Waals surface area contributed by atoms with Gasteiger partial charge in [-0.3, -0.25) is 4.79 Å². The number of pyridine rings is 1. The van der Waals surface area contributed by atoms with Crippen LogP contribution < -0.4 is 10.1 Å². The van der Waals surface area contributed by atoms with Gasteiger partial charge in [-0.1, -0.05) is 13.0 Å². The van der Waals surface area contributed by atoms with Crippen molar-refractivity contribution in [1.82, 2.24) is 10.3 Å². The summed E-state index contributed by atoms with van der Waals surface area (Å²) in [6, 6.07) is 7.74. The number of carbonyl (C=O) groups is 1. The Morgan fingerprint density at radius 2 is 2.26 bits per heavy atom. The van der Waals surface area contributed by atoms with E-state index in [0.29, 0.717) is 31.2 Å². The number of amides is 1. The summed E-state index contributed by atoms with van der Waals surface area (Å²) in [6.07, 6.45) is 3.91. The lowest BCUT2D eigenvalue weighted by Gasteiger charge is -2.08. The van der Waals surface area contributed by atoms with E-state index in [-0.39, 0.29) is 5.91 Å². The van der Waals surface area contributed by atoms with E-state index in [1.165, 1.54) is 6.42 Å².